The first-order chi connectivity index (χ1) is 18.9. The summed E-state index contributed by atoms with van der Waals surface area (Å²) in [6, 6.07) is 40.7. The summed E-state index contributed by atoms with van der Waals surface area (Å²) in [6.45, 7) is 11.5. The number of aryl methyl sites for hydroxylation is 1. The number of hydrogen-bond donors (Lipinski definition) is 0. The van der Waals surface area contributed by atoms with Gasteiger partial charge in [-0.3, -0.25) is 0 Å². The lowest BCUT2D eigenvalue weighted by Gasteiger charge is -2.31. The summed E-state index contributed by atoms with van der Waals surface area (Å²) in [6.07, 6.45) is 0. The van der Waals surface area contributed by atoms with Crippen molar-refractivity contribution >= 4 is 33.2 Å². The topological polar surface area (TPSA) is 8.17 Å². The van der Waals surface area contributed by atoms with Gasteiger partial charge in [-0.1, -0.05) is 80.6 Å². The van der Waals surface area contributed by atoms with Gasteiger partial charge >= 0.3 is 0 Å². The van der Waals surface area contributed by atoms with E-state index in [9.17, 15) is 0 Å². The van der Waals surface area contributed by atoms with Crippen LogP contribution in [0.4, 0.5) is 11.4 Å². The molecule has 0 fully saturated rings. The monoisotopic (exact) mass is 506 g/mol. The normalized spacial score (nSPS) is 13.7. The number of nitrogens with zero attached hydrogens (tertiary/aromatic N) is 2. The summed E-state index contributed by atoms with van der Waals surface area (Å²) in [5.74, 6) is 0. The van der Waals surface area contributed by atoms with Crippen LogP contribution in [0.1, 0.15) is 44.4 Å². The van der Waals surface area contributed by atoms with E-state index in [1.54, 1.807) is 0 Å². The Morgan fingerprint density at radius 3 is 2.21 bits per heavy atom. The minimum absolute atomic E-state index is 0.0392. The maximum Gasteiger partial charge on any atom is 0.0544 e. The van der Waals surface area contributed by atoms with Crippen LogP contribution in [0, 0.1) is 6.92 Å². The van der Waals surface area contributed by atoms with E-state index in [0.29, 0.717) is 6.04 Å². The molecule has 0 saturated heterocycles. The molecule has 0 atom stereocenters. The average Bonchev–Trinajstić information content (AvgIpc) is 3.38. The number of aromatic nitrogens is 1. The standard InChI is InChI=1S/C37H34N2/c1-24(2)38(34-19-10-6-13-25(34)3)26-14-12-15-27(21-26)39-35-20-11-8-17-29(35)31-22-30-28-16-7-9-18-32(28)37(4,5)33(30)23-36(31)39/h6-24H,1-5H3. The van der Waals surface area contributed by atoms with Crippen molar-refractivity contribution in [3.05, 3.63) is 126 Å². The van der Waals surface area contributed by atoms with Crippen molar-refractivity contribution in [2.45, 2.75) is 46.1 Å². The van der Waals surface area contributed by atoms with E-state index < -0.39 is 0 Å². The molecular formula is C37H34N2. The van der Waals surface area contributed by atoms with Crippen LogP contribution < -0.4 is 4.90 Å². The second-order valence-electron chi connectivity index (χ2n) is 11.7. The van der Waals surface area contributed by atoms with Gasteiger partial charge in [0.15, 0.2) is 0 Å². The lowest BCUT2D eigenvalue weighted by molar-refractivity contribution is 0.661. The quantitative estimate of drug-likeness (QED) is 0.231. The van der Waals surface area contributed by atoms with Gasteiger partial charge in [-0.05, 0) is 91.1 Å². The van der Waals surface area contributed by atoms with Crippen LogP contribution >= 0.6 is 0 Å². The van der Waals surface area contributed by atoms with Gasteiger partial charge in [0.2, 0.25) is 0 Å². The molecule has 0 amide bonds. The molecule has 2 heteroatoms. The van der Waals surface area contributed by atoms with Crippen LogP contribution in [-0.4, -0.2) is 10.6 Å². The fourth-order valence-electron chi connectivity index (χ4n) is 6.77. The molecule has 5 aromatic carbocycles. The third kappa shape index (κ3) is 3.48. The highest BCUT2D eigenvalue weighted by molar-refractivity contribution is 6.11. The Kier molecular flexibility index (Phi) is 5.25. The highest BCUT2D eigenvalue weighted by Gasteiger charge is 2.36. The largest absolute Gasteiger partial charge is 0.339 e. The Labute approximate surface area is 231 Å². The van der Waals surface area contributed by atoms with E-state index in [4.69, 9.17) is 0 Å². The average molecular weight is 507 g/mol. The van der Waals surface area contributed by atoms with Crippen LogP contribution in [-0.2, 0) is 5.41 Å². The first-order valence-electron chi connectivity index (χ1n) is 14.0. The van der Waals surface area contributed by atoms with E-state index in [1.807, 2.05) is 0 Å². The Morgan fingerprint density at radius 2 is 1.38 bits per heavy atom. The van der Waals surface area contributed by atoms with E-state index in [0.717, 1.165) is 0 Å². The third-order valence-corrected chi connectivity index (χ3v) is 8.63. The van der Waals surface area contributed by atoms with Crippen molar-refractivity contribution in [1.82, 2.24) is 4.57 Å². The predicted octanol–water partition coefficient (Wildman–Crippen LogP) is 9.94. The van der Waals surface area contributed by atoms with Gasteiger partial charge in [-0.25, -0.2) is 0 Å². The summed E-state index contributed by atoms with van der Waals surface area (Å²) < 4.78 is 2.46. The number of anilines is 2. The molecule has 0 N–H and O–H groups in total. The molecule has 0 bridgehead atoms. The molecule has 0 unspecified atom stereocenters. The Hall–Kier alpha value is -4.30. The Balaban J connectivity index is 1.49. The Bertz CT molecular complexity index is 1890. The highest BCUT2D eigenvalue weighted by atomic mass is 15.2. The fraction of sp³-hybridized carbons (Fsp3) is 0.189. The molecule has 2 nitrogen and oxygen atoms in total. The highest BCUT2D eigenvalue weighted by Crippen LogP contribution is 2.51. The molecule has 7 rings (SSSR count). The maximum absolute atomic E-state index is 2.46. The van der Waals surface area contributed by atoms with Crippen LogP contribution in [0.15, 0.2) is 109 Å². The second kappa shape index (κ2) is 8.61. The molecule has 39 heavy (non-hydrogen) atoms. The summed E-state index contributed by atoms with van der Waals surface area (Å²) in [4.78, 5) is 2.45. The zero-order valence-electron chi connectivity index (χ0n) is 23.4. The van der Waals surface area contributed by atoms with E-state index in [2.05, 4.69) is 153 Å². The van der Waals surface area contributed by atoms with Crippen molar-refractivity contribution < 1.29 is 0 Å². The smallest absolute Gasteiger partial charge is 0.0544 e. The molecule has 1 aromatic heterocycles. The summed E-state index contributed by atoms with van der Waals surface area (Å²) in [7, 11) is 0. The molecule has 0 spiro atoms. The molecule has 1 aliphatic carbocycles. The summed E-state index contributed by atoms with van der Waals surface area (Å²) >= 11 is 0. The van der Waals surface area contributed by atoms with Gasteiger partial charge in [0.25, 0.3) is 0 Å². The van der Waals surface area contributed by atoms with Crippen LogP contribution in [0.5, 0.6) is 0 Å². The molecule has 1 heterocycles. The third-order valence-electron chi connectivity index (χ3n) is 8.63. The molecule has 0 aliphatic heterocycles. The van der Waals surface area contributed by atoms with Crippen LogP contribution in [0.2, 0.25) is 0 Å². The van der Waals surface area contributed by atoms with Crippen LogP contribution in [0.25, 0.3) is 38.6 Å². The maximum atomic E-state index is 2.46. The second-order valence-corrected chi connectivity index (χ2v) is 11.7. The SMILES string of the molecule is Cc1ccccc1N(c1cccc(-n2c3ccccc3c3cc4c(cc32)C(C)(C)c2ccccc2-4)c1)C(C)C. The lowest BCUT2D eigenvalue weighted by atomic mass is 9.82. The lowest BCUT2D eigenvalue weighted by Crippen LogP contribution is -2.26. The van der Waals surface area contributed by atoms with Gasteiger partial charge in [0.1, 0.15) is 0 Å². The van der Waals surface area contributed by atoms with Gasteiger partial charge in [0.05, 0.1) is 11.0 Å². The number of fused-ring (bicyclic) bond motifs is 6. The summed E-state index contributed by atoms with van der Waals surface area (Å²) in [5, 5.41) is 2.60. The molecule has 1 aliphatic rings. The van der Waals surface area contributed by atoms with Gasteiger partial charge in [-0.2, -0.15) is 0 Å². The minimum atomic E-state index is -0.0392. The van der Waals surface area contributed by atoms with Crippen molar-refractivity contribution in [1.29, 1.82) is 0 Å². The van der Waals surface area contributed by atoms with Gasteiger partial charge in [-0.15, -0.1) is 0 Å². The van der Waals surface area contributed by atoms with Gasteiger partial charge < -0.3 is 9.47 Å². The predicted molar refractivity (Wildman–Crippen MR) is 167 cm³/mol. The van der Waals surface area contributed by atoms with Crippen molar-refractivity contribution in [3.8, 4) is 16.8 Å². The first-order valence-corrected chi connectivity index (χ1v) is 14.0. The van der Waals surface area contributed by atoms with Crippen molar-refractivity contribution in [3.63, 3.8) is 0 Å². The van der Waals surface area contributed by atoms with Crippen molar-refractivity contribution in [2.75, 3.05) is 4.90 Å². The zero-order valence-corrected chi connectivity index (χ0v) is 23.4. The minimum Gasteiger partial charge on any atom is -0.339 e. The molecule has 0 radical (unpaired) electrons. The van der Waals surface area contributed by atoms with E-state index in [-0.39, 0.29) is 5.41 Å². The number of hydrogen-bond acceptors (Lipinski definition) is 1. The van der Waals surface area contributed by atoms with Crippen LogP contribution in [0.3, 0.4) is 0 Å². The zero-order chi connectivity index (χ0) is 26.9. The van der Waals surface area contributed by atoms with E-state index >= 15 is 0 Å². The number of rotatable bonds is 4. The Morgan fingerprint density at radius 1 is 0.641 bits per heavy atom. The van der Waals surface area contributed by atoms with Crippen molar-refractivity contribution in [2.24, 2.45) is 0 Å². The fourth-order valence-corrected chi connectivity index (χ4v) is 6.77. The molecular weight excluding hydrogens is 472 g/mol. The number of para-hydroxylation sites is 2. The van der Waals surface area contributed by atoms with Gasteiger partial charge in [0, 0.05) is 39.3 Å². The van der Waals surface area contributed by atoms with E-state index in [1.165, 1.54) is 66.7 Å². The molecule has 0 saturated carbocycles. The molecule has 192 valence electrons. The first kappa shape index (κ1) is 23.8. The summed E-state index contributed by atoms with van der Waals surface area (Å²) in [5.41, 5.74) is 12.9. The number of benzene rings is 5. The molecule has 6 aromatic rings.